The summed E-state index contributed by atoms with van der Waals surface area (Å²) in [5.74, 6) is 1.35. The Bertz CT molecular complexity index is 404. The van der Waals surface area contributed by atoms with Crippen molar-refractivity contribution in [2.24, 2.45) is 5.73 Å². The zero-order valence-electron chi connectivity index (χ0n) is 8.91. The number of benzene rings is 1. The second-order valence-corrected chi connectivity index (χ2v) is 3.89. The van der Waals surface area contributed by atoms with Gasteiger partial charge in [-0.2, -0.15) is 0 Å². The van der Waals surface area contributed by atoms with Gasteiger partial charge in [-0.05, 0) is 12.1 Å². The molecule has 0 aromatic heterocycles. The molecule has 0 bridgehead atoms. The van der Waals surface area contributed by atoms with Gasteiger partial charge in [-0.3, -0.25) is 0 Å². The van der Waals surface area contributed by atoms with Gasteiger partial charge in [0.25, 0.3) is 0 Å². The van der Waals surface area contributed by atoms with Crippen LogP contribution in [0.15, 0.2) is 18.2 Å². The highest BCUT2D eigenvalue weighted by atomic mass is 35.5. The number of fused-ring (bicyclic) bond motifs is 1. The molecule has 2 rings (SSSR count). The molecule has 3 nitrogen and oxygen atoms in total. The van der Waals surface area contributed by atoms with Gasteiger partial charge in [0.15, 0.2) is 11.5 Å². The van der Waals surface area contributed by atoms with Crippen molar-refractivity contribution >= 4 is 17.7 Å². The summed E-state index contributed by atoms with van der Waals surface area (Å²) < 4.78 is 11.2. The molecule has 16 heavy (non-hydrogen) atoms. The fourth-order valence-corrected chi connectivity index (χ4v) is 1.77. The lowest BCUT2D eigenvalue weighted by atomic mass is 10.1. The van der Waals surface area contributed by atoms with Crippen LogP contribution in [0.3, 0.4) is 0 Å². The van der Waals surface area contributed by atoms with E-state index in [4.69, 9.17) is 26.8 Å². The molecule has 0 unspecified atom stereocenters. The lowest BCUT2D eigenvalue weighted by molar-refractivity contribution is 0.297. The Morgan fingerprint density at radius 3 is 2.75 bits per heavy atom. The van der Waals surface area contributed by atoms with Crippen LogP contribution < -0.4 is 15.2 Å². The van der Waals surface area contributed by atoms with Crippen LogP contribution in [0.5, 0.6) is 11.5 Å². The van der Waals surface area contributed by atoms with E-state index in [0.717, 1.165) is 17.7 Å². The number of nitrogens with two attached hydrogens (primary N) is 1. The lowest BCUT2D eigenvalue weighted by Gasteiger charge is -2.11. The Morgan fingerprint density at radius 1 is 1.25 bits per heavy atom. The van der Waals surface area contributed by atoms with Crippen molar-refractivity contribution in [1.82, 2.24) is 0 Å². The van der Waals surface area contributed by atoms with Crippen molar-refractivity contribution in [3.05, 3.63) is 28.8 Å². The van der Waals surface area contributed by atoms with Crippen molar-refractivity contribution in [2.75, 3.05) is 19.8 Å². The maximum atomic E-state index is 6.07. The number of hydrogen-bond donors (Lipinski definition) is 1. The summed E-state index contributed by atoms with van der Waals surface area (Å²) in [7, 11) is 0. The third-order valence-corrected chi connectivity index (χ3v) is 2.61. The minimum Gasteiger partial charge on any atom is -0.489 e. The molecular weight excluding hydrogens is 226 g/mol. The normalized spacial score (nSPS) is 15.1. The number of hydrogen-bond acceptors (Lipinski definition) is 3. The van der Waals surface area contributed by atoms with Gasteiger partial charge in [-0.25, -0.2) is 0 Å². The van der Waals surface area contributed by atoms with Crippen LogP contribution in [-0.2, 0) is 0 Å². The van der Waals surface area contributed by atoms with Gasteiger partial charge in [-0.15, -0.1) is 0 Å². The molecule has 1 aliphatic rings. The van der Waals surface area contributed by atoms with Gasteiger partial charge in [0, 0.05) is 18.5 Å². The van der Waals surface area contributed by atoms with Gasteiger partial charge < -0.3 is 15.2 Å². The molecule has 1 aromatic carbocycles. The second-order valence-electron chi connectivity index (χ2n) is 3.48. The SMILES string of the molecule is NC/C=C/c1ccc(Cl)c2c1OCCCO2. The Hall–Kier alpha value is -1.19. The summed E-state index contributed by atoms with van der Waals surface area (Å²) in [6.45, 7) is 1.78. The summed E-state index contributed by atoms with van der Waals surface area (Å²) in [6.07, 6.45) is 4.66. The molecule has 0 radical (unpaired) electrons. The Labute approximate surface area is 99.8 Å². The van der Waals surface area contributed by atoms with E-state index in [1.54, 1.807) is 0 Å². The van der Waals surface area contributed by atoms with E-state index in [1.165, 1.54) is 0 Å². The largest absolute Gasteiger partial charge is 0.489 e. The summed E-state index contributed by atoms with van der Waals surface area (Å²) in [5, 5.41) is 0.585. The van der Waals surface area contributed by atoms with E-state index in [2.05, 4.69) is 0 Å². The Balaban J connectivity index is 2.43. The standard InChI is InChI=1S/C12H14ClNO2/c13-10-5-4-9(3-1-6-14)11-12(10)16-8-2-7-15-11/h1,3-5H,2,6-8,14H2/b3-1+. The van der Waals surface area contributed by atoms with Gasteiger partial charge in [0.05, 0.1) is 18.2 Å². The second kappa shape index (κ2) is 5.23. The monoisotopic (exact) mass is 239 g/mol. The minimum absolute atomic E-state index is 0.498. The molecule has 0 spiro atoms. The highest BCUT2D eigenvalue weighted by Crippen LogP contribution is 2.40. The smallest absolute Gasteiger partial charge is 0.180 e. The van der Waals surface area contributed by atoms with Gasteiger partial charge in [0.2, 0.25) is 0 Å². The molecule has 1 heterocycles. The fourth-order valence-electron chi connectivity index (χ4n) is 1.57. The van der Waals surface area contributed by atoms with Crippen LogP contribution in [0, 0.1) is 0 Å². The molecule has 0 aliphatic carbocycles. The molecule has 0 saturated heterocycles. The predicted octanol–water partition coefficient (Wildman–Crippen LogP) is 2.47. The van der Waals surface area contributed by atoms with Crippen molar-refractivity contribution in [2.45, 2.75) is 6.42 Å². The zero-order chi connectivity index (χ0) is 11.4. The van der Waals surface area contributed by atoms with Crippen LogP contribution in [0.4, 0.5) is 0 Å². The number of halogens is 1. The first-order chi connectivity index (χ1) is 7.83. The first-order valence-corrected chi connectivity index (χ1v) is 5.65. The summed E-state index contributed by atoms with van der Waals surface area (Å²) >= 11 is 6.07. The minimum atomic E-state index is 0.498. The molecule has 2 N–H and O–H groups in total. The van der Waals surface area contributed by atoms with E-state index < -0.39 is 0 Å². The van der Waals surface area contributed by atoms with Crippen LogP contribution in [0.1, 0.15) is 12.0 Å². The van der Waals surface area contributed by atoms with Gasteiger partial charge in [0.1, 0.15) is 0 Å². The van der Waals surface area contributed by atoms with Gasteiger partial charge >= 0.3 is 0 Å². The highest BCUT2D eigenvalue weighted by molar-refractivity contribution is 6.32. The lowest BCUT2D eigenvalue weighted by Crippen LogP contribution is -1.98. The summed E-state index contributed by atoms with van der Waals surface area (Å²) in [5.41, 5.74) is 6.38. The molecule has 0 amide bonds. The average Bonchev–Trinajstić information content (AvgIpc) is 2.54. The molecular formula is C12H14ClNO2. The number of rotatable bonds is 2. The van der Waals surface area contributed by atoms with Crippen molar-refractivity contribution in [3.8, 4) is 11.5 Å². The van der Waals surface area contributed by atoms with Crippen molar-refractivity contribution in [3.63, 3.8) is 0 Å². The van der Waals surface area contributed by atoms with E-state index in [9.17, 15) is 0 Å². The topological polar surface area (TPSA) is 44.5 Å². The third-order valence-electron chi connectivity index (χ3n) is 2.31. The van der Waals surface area contributed by atoms with E-state index in [-0.39, 0.29) is 0 Å². The van der Waals surface area contributed by atoms with Gasteiger partial charge in [-0.1, -0.05) is 23.8 Å². The van der Waals surface area contributed by atoms with Crippen molar-refractivity contribution in [1.29, 1.82) is 0 Å². The zero-order valence-corrected chi connectivity index (χ0v) is 9.67. The first-order valence-electron chi connectivity index (χ1n) is 5.27. The number of ether oxygens (including phenoxy) is 2. The molecule has 0 atom stereocenters. The predicted molar refractivity (Wildman–Crippen MR) is 65.1 cm³/mol. The Kier molecular flexibility index (Phi) is 3.70. The van der Waals surface area contributed by atoms with Crippen LogP contribution in [-0.4, -0.2) is 19.8 Å². The molecule has 1 aliphatic heterocycles. The highest BCUT2D eigenvalue weighted by Gasteiger charge is 2.16. The van der Waals surface area contributed by atoms with E-state index >= 15 is 0 Å². The van der Waals surface area contributed by atoms with Crippen LogP contribution in [0.2, 0.25) is 5.02 Å². The molecule has 1 aromatic rings. The molecule has 4 heteroatoms. The molecule has 86 valence electrons. The molecule has 0 fully saturated rings. The maximum absolute atomic E-state index is 6.07. The average molecular weight is 240 g/mol. The quantitative estimate of drug-likeness (QED) is 0.862. The third kappa shape index (κ3) is 2.31. The van der Waals surface area contributed by atoms with Crippen LogP contribution in [0.25, 0.3) is 6.08 Å². The maximum Gasteiger partial charge on any atom is 0.180 e. The van der Waals surface area contributed by atoms with E-state index in [1.807, 2.05) is 24.3 Å². The Morgan fingerprint density at radius 2 is 2.00 bits per heavy atom. The summed E-state index contributed by atoms with van der Waals surface area (Å²) in [6, 6.07) is 3.72. The fraction of sp³-hybridized carbons (Fsp3) is 0.333. The van der Waals surface area contributed by atoms with Crippen LogP contribution >= 0.6 is 11.6 Å². The summed E-state index contributed by atoms with van der Waals surface area (Å²) in [4.78, 5) is 0. The molecule has 0 saturated carbocycles. The first kappa shape index (κ1) is 11.3. The van der Waals surface area contributed by atoms with Crippen molar-refractivity contribution < 1.29 is 9.47 Å². The van der Waals surface area contributed by atoms with E-state index in [0.29, 0.717) is 30.5 Å².